The second-order valence-electron chi connectivity index (χ2n) is 10.4. The molecule has 7 heteroatoms. The van der Waals surface area contributed by atoms with Crippen LogP contribution in [0.15, 0.2) is 60.8 Å². The number of hydrogen-bond donors (Lipinski definition) is 1. The second kappa shape index (κ2) is 11.4. The molecule has 1 N–H and O–H groups in total. The molecule has 194 valence electrons. The summed E-state index contributed by atoms with van der Waals surface area (Å²) in [6.07, 6.45) is 3.79. The zero-order valence-electron chi connectivity index (χ0n) is 21.8. The monoisotopic (exact) mass is 501 g/mol. The second-order valence-corrected chi connectivity index (χ2v) is 10.4. The van der Waals surface area contributed by atoms with Gasteiger partial charge in [0.25, 0.3) is 5.91 Å². The van der Waals surface area contributed by atoms with E-state index in [0.717, 1.165) is 75.6 Å². The van der Waals surface area contributed by atoms with Gasteiger partial charge in [0.05, 0.1) is 0 Å². The maximum absolute atomic E-state index is 14.5. The minimum Gasteiger partial charge on any atom is -0.354 e. The van der Waals surface area contributed by atoms with Gasteiger partial charge in [-0.3, -0.25) is 9.69 Å². The van der Waals surface area contributed by atoms with Crippen LogP contribution >= 0.6 is 0 Å². The fourth-order valence-electron chi connectivity index (χ4n) is 5.12. The maximum atomic E-state index is 14.5. The van der Waals surface area contributed by atoms with Crippen LogP contribution in [-0.4, -0.2) is 73.0 Å². The Kier molecular flexibility index (Phi) is 7.82. The topological polar surface area (TPSA) is 51.7 Å². The first kappa shape index (κ1) is 25.4. The van der Waals surface area contributed by atoms with Gasteiger partial charge >= 0.3 is 0 Å². The Bertz CT molecular complexity index is 1200. The number of hydrogen-bond acceptors (Lipinski definition) is 5. The Morgan fingerprint density at radius 3 is 2.38 bits per heavy atom. The smallest absolute Gasteiger partial charge is 0.251 e. The highest BCUT2D eigenvalue weighted by atomic mass is 19.1. The van der Waals surface area contributed by atoms with Crippen LogP contribution < -0.4 is 10.2 Å². The van der Waals surface area contributed by atoms with Gasteiger partial charge in [-0.1, -0.05) is 35.9 Å². The zero-order chi connectivity index (χ0) is 25.8. The molecule has 2 aromatic carbocycles. The fraction of sp³-hybridized carbons (Fsp3) is 0.400. The molecule has 3 heterocycles. The molecule has 0 spiro atoms. The molecule has 2 saturated heterocycles. The SMILES string of the molecule is Cc1ccc(-c2cc(C(=O)NC3CCN(Cc4ccc(N5CCN(C)CC5)nc4)CC3)ccc2F)cc1. The number of aryl methyl sites for hydroxylation is 1. The largest absolute Gasteiger partial charge is 0.354 e. The molecule has 5 rings (SSSR count). The number of rotatable bonds is 6. The molecule has 2 aliphatic rings. The van der Waals surface area contributed by atoms with E-state index in [1.807, 2.05) is 37.4 Å². The van der Waals surface area contributed by atoms with E-state index in [-0.39, 0.29) is 17.8 Å². The summed E-state index contributed by atoms with van der Waals surface area (Å²) in [5.41, 5.74) is 4.05. The number of likely N-dealkylation sites (N-methyl/N-ethyl adjacent to an activating group) is 1. The third-order valence-electron chi connectivity index (χ3n) is 7.56. The lowest BCUT2D eigenvalue weighted by molar-refractivity contribution is 0.0909. The number of nitrogens with one attached hydrogen (secondary N) is 1. The zero-order valence-corrected chi connectivity index (χ0v) is 21.8. The Hall–Kier alpha value is -3.29. The number of amides is 1. The predicted octanol–water partition coefficient (Wildman–Crippen LogP) is 4.34. The van der Waals surface area contributed by atoms with Gasteiger partial charge in [-0.15, -0.1) is 0 Å². The molecule has 6 nitrogen and oxygen atoms in total. The van der Waals surface area contributed by atoms with E-state index >= 15 is 0 Å². The summed E-state index contributed by atoms with van der Waals surface area (Å²) in [5.74, 6) is 0.597. The van der Waals surface area contributed by atoms with Gasteiger partial charge < -0.3 is 15.1 Å². The van der Waals surface area contributed by atoms with Crippen LogP contribution in [0, 0.1) is 12.7 Å². The normalized spacial score (nSPS) is 17.6. The van der Waals surface area contributed by atoms with E-state index in [1.54, 1.807) is 12.1 Å². The summed E-state index contributed by atoms with van der Waals surface area (Å²) in [7, 11) is 2.16. The van der Waals surface area contributed by atoms with Gasteiger partial charge in [-0.2, -0.15) is 0 Å². The molecule has 0 radical (unpaired) electrons. The van der Waals surface area contributed by atoms with Crippen molar-refractivity contribution in [2.24, 2.45) is 0 Å². The molecule has 3 aromatic rings. The van der Waals surface area contributed by atoms with E-state index in [2.05, 4.69) is 39.2 Å². The number of nitrogens with zero attached hydrogens (tertiary/aromatic N) is 4. The minimum absolute atomic E-state index is 0.120. The Labute approximate surface area is 219 Å². The van der Waals surface area contributed by atoms with E-state index in [9.17, 15) is 9.18 Å². The van der Waals surface area contributed by atoms with Crippen molar-refractivity contribution in [2.75, 3.05) is 51.2 Å². The standard InChI is InChI=1S/C30H36FN5O/c1-22-3-6-24(7-4-22)27-19-25(8-9-28(27)31)30(37)33-26-11-13-35(14-12-26)21-23-5-10-29(32-20-23)36-17-15-34(2)16-18-36/h3-10,19-20,26H,11-18,21H2,1-2H3,(H,33,37). The fourth-order valence-corrected chi connectivity index (χ4v) is 5.12. The van der Waals surface area contributed by atoms with Crippen LogP contribution in [0.3, 0.4) is 0 Å². The van der Waals surface area contributed by atoms with E-state index in [4.69, 9.17) is 4.98 Å². The van der Waals surface area contributed by atoms with Crippen molar-refractivity contribution in [1.29, 1.82) is 0 Å². The predicted molar refractivity (Wildman–Crippen MR) is 146 cm³/mol. The van der Waals surface area contributed by atoms with Crippen LogP contribution in [0.4, 0.5) is 10.2 Å². The van der Waals surface area contributed by atoms with Crippen molar-refractivity contribution >= 4 is 11.7 Å². The Morgan fingerprint density at radius 1 is 0.973 bits per heavy atom. The van der Waals surface area contributed by atoms with E-state index in [1.165, 1.54) is 11.6 Å². The highest BCUT2D eigenvalue weighted by Gasteiger charge is 2.22. The molecule has 2 aliphatic heterocycles. The van der Waals surface area contributed by atoms with Crippen molar-refractivity contribution in [2.45, 2.75) is 32.4 Å². The molecule has 37 heavy (non-hydrogen) atoms. The van der Waals surface area contributed by atoms with Crippen LogP contribution in [0.5, 0.6) is 0 Å². The molecular formula is C30H36FN5O. The van der Waals surface area contributed by atoms with Crippen molar-refractivity contribution < 1.29 is 9.18 Å². The summed E-state index contributed by atoms with van der Waals surface area (Å²) in [6.45, 7) is 8.90. The average Bonchev–Trinajstić information content (AvgIpc) is 2.91. The first-order chi connectivity index (χ1) is 17.9. The summed E-state index contributed by atoms with van der Waals surface area (Å²) in [6, 6.07) is 16.7. The summed E-state index contributed by atoms with van der Waals surface area (Å²) in [5, 5.41) is 3.16. The molecule has 1 amide bonds. The molecule has 0 unspecified atom stereocenters. The number of aromatic nitrogens is 1. The lowest BCUT2D eigenvalue weighted by Gasteiger charge is -2.33. The van der Waals surface area contributed by atoms with Crippen LogP contribution in [0.25, 0.3) is 11.1 Å². The molecular weight excluding hydrogens is 465 g/mol. The quantitative estimate of drug-likeness (QED) is 0.545. The molecule has 0 bridgehead atoms. The highest BCUT2D eigenvalue weighted by Crippen LogP contribution is 2.25. The van der Waals surface area contributed by atoms with Crippen molar-refractivity contribution in [3.8, 4) is 11.1 Å². The molecule has 1 aromatic heterocycles. The van der Waals surface area contributed by atoms with Crippen LogP contribution in [0.1, 0.15) is 34.3 Å². The first-order valence-electron chi connectivity index (χ1n) is 13.2. The number of halogens is 1. The number of benzene rings is 2. The van der Waals surface area contributed by atoms with Crippen molar-refractivity contribution in [3.63, 3.8) is 0 Å². The third kappa shape index (κ3) is 6.35. The van der Waals surface area contributed by atoms with Gasteiger partial charge in [0.1, 0.15) is 11.6 Å². The van der Waals surface area contributed by atoms with Crippen molar-refractivity contribution in [1.82, 2.24) is 20.1 Å². The molecule has 0 saturated carbocycles. The van der Waals surface area contributed by atoms with E-state index in [0.29, 0.717) is 11.1 Å². The van der Waals surface area contributed by atoms with Gasteiger partial charge in [-0.25, -0.2) is 9.37 Å². The summed E-state index contributed by atoms with van der Waals surface area (Å²) >= 11 is 0. The van der Waals surface area contributed by atoms with Gasteiger partial charge in [-0.05, 0) is 62.2 Å². The highest BCUT2D eigenvalue weighted by molar-refractivity contribution is 5.95. The number of anilines is 1. The molecule has 2 fully saturated rings. The number of carbonyl (C=O) groups is 1. The number of piperidine rings is 1. The van der Waals surface area contributed by atoms with Crippen molar-refractivity contribution in [3.05, 3.63) is 83.3 Å². The number of pyridine rings is 1. The minimum atomic E-state index is -0.320. The van der Waals surface area contributed by atoms with Gasteiger partial charge in [0, 0.05) is 69.2 Å². The molecule has 0 atom stereocenters. The van der Waals surface area contributed by atoms with Crippen LogP contribution in [-0.2, 0) is 6.54 Å². The summed E-state index contributed by atoms with van der Waals surface area (Å²) < 4.78 is 14.5. The Morgan fingerprint density at radius 2 is 1.70 bits per heavy atom. The average molecular weight is 502 g/mol. The Balaban J connectivity index is 1.12. The van der Waals surface area contributed by atoms with E-state index < -0.39 is 0 Å². The third-order valence-corrected chi connectivity index (χ3v) is 7.56. The summed E-state index contributed by atoms with van der Waals surface area (Å²) in [4.78, 5) is 24.8. The molecule has 0 aliphatic carbocycles. The number of carbonyl (C=O) groups excluding carboxylic acids is 1. The van der Waals surface area contributed by atoms with Gasteiger partial charge in [0.15, 0.2) is 0 Å². The number of piperazine rings is 1. The van der Waals surface area contributed by atoms with Crippen LogP contribution in [0.2, 0.25) is 0 Å². The lowest BCUT2D eigenvalue weighted by atomic mass is 10.00. The number of likely N-dealkylation sites (tertiary alicyclic amines) is 1. The first-order valence-corrected chi connectivity index (χ1v) is 13.2. The van der Waals surface area contributed by atoms with Gasteiger partial charge in [0.2, 0.25) is 0 Å². The lowest BCUT2D eigenvalue weighted by Crippen LogP contribution is -2.45. The maximum Gasteiger partial charge on any atom is 0.251 e.